The van der Waals surface area contributed by atoms with Gasteiger partial charge in [-0.3, -0.25) is 4.74 Å². The largest absolute Gasteiger partial charge is 0.522 e. The van der Waals surface area contributed by atoms with Crippen LogP contribution in [0.15, 0.2) is 0 Å². The second-order valence-corrected chi connectivity index (χ2v) is 2.60. The molecule has 2 N–H and O–H groups in total. The highest BCUT2D eigenvalue weighted by Crippen LogP contribution is 2.34. The molecule has 1 aliphatic carbocycles. The van der Waals surface area contributed by atoms with Gasteiger partial charge < -0.3 is 5.73 Å². The summed E-state index contributed by atoms with van der Waals surface area (Å²) in [6.45, 7) is -0.406. The SMILES string of the molecule is NC1(COC(F)(F)F)CC1. The Morgan fingerprint density at radius 3 is 2.20 bits per heavy atom. The van der Waals surface area contributed by atoms with E-state index >= 15 is 0 Å². The van der Waals surface area contributed by atoms with Crippen LogP contribution in [0.4, 0.5) is 13.2 Å². The van der Waals surface area contributed by atoms with E-state index in [0.717, 1.165) is 0 Å². The van der Waals surface area contributed by atoms with Gasteiger partial charge in [-0.05, 0) is 12.8 Å². The Morgan fingerprint density at radius 2 is 1.90 bits per heavy atom. The molecule has 0 bridgehead atoms. The van der Waals surface area contributed by atoms with Crippen molar-refractivity contribution in [1.29, 1.82) is 0 Å². The standard InChI is InChI=1S/C5H8F3NO/c6-5(7,8)10-3-4(9)1-2-4/h1-3,9H2. The minimum Gasteiger partial charge on any atom is -0.323 e. The molecular formula is C5H8F3NO. The summed E-state index contributed by atoms with van der Waals surface area (Å²) in [6, 6.07) is 0. The van der Waals surface area contributed by atoms with Crippen LogP contribution in [-0.2, 0) is 4.74 Å². The van der Waals surface area contributed by atoms with Crippen LogP contribution in [0.1, 0.15) is 12.8 Å². The molecule has 0 unspecified atom stereocenters. The molecule has 60 valence electrons. The van der Waals surface area contributed by atoms with Crippen LogP contribution in [0.2, 0.25) is 0 Å². The van der Waals surface area contributed by atoms with Crippen molar-refractivity contribution < 1.29 is 17.9 Å². The van der Waals surface area contributed by atoms with Gasteiger partial charge in [-0.25, -0.2) is 0 Å². The van der Waals surface area contributed by atoms with Crippen molar-refractivity contribution in [3.05, 3.63) is 0 Å². The summed E-state index contributed by atoms with van der Waals surface area (Å²) in [7, 11) is 0. The normalized spacial score (nSPS) is 22.8. The first kappa shape index (κ1) is 7.81. The minimum atomic E-state index is -4.53. The van der Waals surface area contributed by atoms with Crippen LogP contribution in [-0.4, -0.2) is 18.5 Å². The Labute approximate surface area is 56.1 Å². The van der Waals surface area contributed by atoms with Gasteiger partial charge in [-0.15, -0.1) is 13.2 Å². The van der Waals surface area contributed by atoms with E-state index in [4.69, 9.17) is 5.73 Å². The molecule has 5 heteroatoms. The molecule has 1 saturated carbocycles. The Morgan fingerprint density at radius 1 is 1.40 bits per heavy atom. The second-order valence-electron chi connectivity index (χ2n) is 2.60. The molecule has 0 aromatic rings. The van der Waals surface area contributed by atoms with Gasteiger partial charge in [0.15, 0.2) is 0 Å². The number of hydrogen-bond donors (Lipinski definition) is 1. The number of rotatable bonds is 2. The number of halogens is 3. The van der Waals surface area contributed by atoms with E-state index in [1.807, 2.05) is 0 Å². The molecule has 0 aromatic carbocycles. The fourth-order valence-electron chi connectivity index (χ4n) is 0.530. The van der Waals surface area contributed by atoms with E-state index in [1.165, 1.54) is 0 Å². The zero-order valence-electron chi connectivity index (χ0n) is 5.24. The molecule has 0 atom stereocenters. The first-order chi connectivity index (χ1) is 4.41. The molecule has 0 aromatic heterocycles. The van der Waals surface area contributed by atoms with Crippen molar-refractivity contribution in [2.24, 2.45) is 5.73 Å². The Kier molecular flexibility index (Phi) is 1.64. The molecule has 10 heavy (non-hydrogen) atoms. The van der Waals surface area contributed by atoms with Crippen LogP contribution >= 0.6 is 0 Å². The van der Waals surface area contributed by atoms with Crippen LogP contribution in [0.3, 0.4) is 0 Å². The van der Waals surface area contributed by atoms with E-state index in [-0.39, 0.29) is 0 Å². The van der Waals surface area contributed by atoms with Gasteiger partial charge in [0.2, 0.25) is 0 Å². The van der Waals surface area contributed by atoms with Gasteiger partial charge in [0.1, 0.15) is 0 Å². The summed E-state index contributed by atoms with van der Waals surface area (Å²) in [6.07, 6.45) is -3.28. The van der Waals surface area contributed by atoms with Gasteiger partial charge in [0.25, 0.3) is 0 Å². The summed E-state index contributed by atoms with van der Waals surface area (Å²) in [4.78, 5) is 0. The summed E-state index contributed by atoms with van der Waals surface area (Å²) in [5.74, 6) is 0. The molecule has 0 spiro atoms. The van der Waals surface area contributed by atoms with Crippen molar-refractivity contribution in [2.75, 3.05) is 6.61 Å². The van der Waals surface area contributed by atoms with Gasteiger partial charge in [-0.2, -0.15) is 0 Å². The van der Waals surface area contributed by atoms with Crippen molar-refractivity contribution in [1.82, 2.24) is 0 Å². The van der Waals surface area contributed by atoms with E-state index in [0.29, 0.717) is 12.8 Å². The molecule has 0 radical (unpaired) electrons. The molecule has 0 amide bonds. The number of nitrogens with two attached hydrogens (primary N) is 1. The zero-order chi connectivity index (χ0) is 7.83. The van der Waals surface area contributed by atoms with Crippen molar-refractivity contribution >= 4 is 0 Å². The Hall–Kier alpha value is -0.290. The maximum Gasteiger partial charge on any atom is 0.522 e. The van der Waals surface area contributed by atoms with E-state index in [9.17, 15) is 13.2 Å². The average Bonchev–Trinajstić information content (AvgIpc) is 2.43. The topological polar surface area (TPSA) is 35.2 Å². The Balaban J connectivity index is 2.17. The van der Waals surface area contributed by atoms with Crippen LogP contribution < -0.4 is 5.73 Å². The van der Waals surface area contributed by atoms with E-state index in [2.05, 4.69) is 4.74 Å². The molecule has 1 fully saturated rings. The third-order valence-corrected chi connectivity index (χ3v) is 1.42. The molecular weight excluding hydrogens is 147 g/mol. The number of hydrogen-bond acceptors (Lipinski definition) is 2. The fourth-order valence-corrected chi connectivity index (χ4v) is 0.530. The summed E-state index contributed by atoms with van der Waals surface area (Å²) in [5.41, 5.74) is 4.64. The highest BCUT2D eigenvalue weighted by Gasteiger charge is 2.42. The number of ether oxygens (including phenoxy) is 1. The second kappa shape index (κ2) is 2.10. The average molecular weight is 155 g/mol. The van der Waals surface area contributed by atoms with Crippen LogP contribution in [0.5, 0.6) is 0 Å². The lowest BCUT2D eigenvalue weighted by molar-refractivity contribution is -0.326. The van der Waals surface area contributed by atoms with Gasteiger partial charge >= 0.3 is 6.36 Å². The van der Waals surface area contributed by atoms with Crippen molar-refractivity contribution in [2.45, 2.75) is 24.7 Å². The van der Waals surface area contributed by atoms with Crippen LogP contribution in [0, 0.1) is 0 Å². The molecule has 0 heterocycles. The molecule has 2 nitrogen and oxygen atoms in total. The molecule has 1 aliphatic rings. The monoisotopic (exact) mass is 155 g/mol. The highest BCUT2D eigenvalue weighted by atomic mass is 19.4. The predicted molar refractivity (Wildman–Crippen MR) is 28.2 cm³/mol. The quantitative estimate of drug-likeness (QED) is 0.646. The highest BCUT2D eigenvalue weighted by molar-refractivity contribution is 4.98. The summed E-state index contributed by atoms with van der Waals surface area (Å²) in [5, 5.41) is 0. The maximum atomic E-state index is 11.3. The third kappa shape index (κ3) is 2.53. The van der Waals surface area contributed by atoms with Crippen LogP contribution in [0.25, 0.3) is 0 Å². The van der Waals surface area contributed by atoms with Gasteiger partial charge in [-0.1, -0.05) is 0 Å². The molecule has 0 saturated heterocycles. The predicted octanol–water partition coefficient (Wildman–Crippen LogP) is 1.01. The summed E-state index contributed by atoms with van der Waals surface area (Å²) < 4.78 is 37.5. The van der Waals surface area contributed by atoms with E-state index < -0.39 is 18.5 Å². The van der Waals surface area contributed by atoms with E-state index in [1.54, 1.807) is 0 Å². The Bertz CT molecular complexity index is 124. The first-order valence-electron chi connectivity index (χ1n) is 2.91. The summed E-state index contributed by atoms with van der Waals surface area (Å²) >= 11 is 0. The first-order valence-corrected chi connectivity index (χ1v) is 2.91. The van der Waals surface area contributed by atoms with Gasteiger partial charge in [0.05, 0.1) is 6.61 Å². The third-order valence-electron chi connectivity index (χ3n) is 1.42. The van der Waals surface area contributed by atoms with Crippen molar-refractivity contribution in [3.8, 4) is 0 Å². The molecule has 0 aliphatic heterocycles. The zero-order valence-corrected chi connectivity index (χ0v) is 5.24. The maximum absolute atomic E-state index is 11.3. The van der Waals surface area contributed by atoms with Crippen molar-refractivity contribution in [3.63, 3.8) is 0 Å². The lowest BCUT2D eigenvalue weighted by Gasteiger charge is -2.10. The number of alkyl halides is 3. The minimum absolute atomic E-state index is 0.406. The van der Waals surface area contributed by atoms with Gasteiger partial charge in [0, 0.05) is 5.54 Å². The fraction of sp³-hybridized carbons (Fsp3) is 1.00. The lowest BCUT2D eigenvalue weighted by Crippen LogP contribution is -2.31. The lowest BCUT2D eigenvalue weighted by atomic mass is 10.3. The smallest absolute Gasteiger partial charge is 0.323 e. The molecule has 1 rings (SSSR count).